The number of aliphatic imine (C=N–C) groups is 4. The molecule has 5 nitrogen and oxygen atoms in total. The Morgan fingerprint density at radius 3 is 3.00 bits per heavy atom. The Morgan fingerprint density at radius 2 is 2.25 bits per heavy atom. The first-order valence-electron chi connectivity index (χ1n) is 3.02. The van der Waals surface area contributed by atoms with Crippen molar-refractivity contribution in [3.8, 4) is 0 Å². The van der Waals surface area contributed by atoms with Crippen molar-refractivity contribution in [3.63, 3.8) is 0 Å². The van der Waals surface area contributed by atoms with E-state index in [1.807, 2.05) is 0 Å². The highest BCUT2D eigenvalue weighted by Crippen LogP contribution is 2.21. The smallest absolute Gasteiger partial charge is 0.234 e. The number of fused-ring (bicyclic) bond motifs is 1. The summed E-state index contributed by atoms with van der Waals surface area (Å²) in [5.74, 6) is 0.326. The van der Waals surface area contributed by atoms with Crippen LogP contribution in [-0.2, 0) is 0 Å². The molecule has 2 N–H and O–H groups in total. The third-order valence-corrected chi connectivity index (χ3v) is 1.80. The summed E-state index contributed by atoms with van der Waals surface area (Å²) >= 11 is 11.3. The van der Waals surface area contributed by atoms with Crippen LogP contribution in [0.1, 0.15) is 0 Å². The average Bonchev–Trinajstić information content (AvgIpc) is 2.32. The Bertz CT molecular complexity index is 351. The van der Waals surface area contributed by atoms with Crippen molar-refractivity contribution < 1.29 is 0 Å². The second kappa shape index (κ2) is 2.35. The molecule has 2 heterocycles. The zero-order valence-corrected chi connectivity index (χ0v) is 7.21. The van der Waals surface area contributed by atoms with Crippen molar-refractivity contribution in [2.45, 2.75) is 5.12 Å². The van der Waals surface area contributed by atoms with Gasteiger partial charge in [-0.25, -0.2) is 15.0 Å². The van der Waals surface area contributed by atoms with E-state index in [2.05, 4.69) is 20.0 Å². The second-order valence-corrected chi connectivity index (χ2v) is 3.13. The number of rotatable bonds is 0. The number of alkyl halides is 1. The fourth-order valence-corrected chi connectivity index (χ4v) is 1.36. The van der Waals surface area contributed by atoms with Crippen LogP contribution in [0.5, 0.6) is 0 Å². The number of halogens is 2. The van der Waals surface area contributed by atoms with Crippen LogP contribution < -0.4 is 5.73 Å². The van der Waals surface area contributed by atoms with E-state index in [0.717, 1.165) is 0 Å². The molecule has 1 unspecified atom stereocenters. The van der Waals surface area contributed by atoms with Gasteiger partial charge in [-0.1, -0.05) is 11.6 Å². The number of hydrogen-bond acceptors (Lipinski definition) is 5. The van der Waals surface area contributed by atoms with Gasteiger partial charge in [0.15, 0.2) is 5.84 Å². The maximum atomic E-state index is 5.78. The normalized spacial score (nSPS) is 32.4. The highest BCUT2D eigenvalue weighted by atomic mass is 35.5. The zero-order chi connectivity index (χ0) is 8.77. The number of amidine groups is 2. The summed E-state index contributed by atoms with van der Waals surface area (Å²) in [6.07, 6.45) is 1.31. The minimum atomic E-state index is -1.43. The monoisotopic (exact) mass is 203 g/mol. The fraction of sp³-hybridized carbons (Fsp3) is 0.200. The second-order valence-electron chi connectivity index (χ2n) is 2.21. The molecule has 0 aliphatic carbocycles. The minimum absolute atomic E-state index is 0.0134. The summed E-state index contributed by atoms with van der Waals surface area (Å²) in [6, 6.07) is 0. The molecule has 0 aromatic rings. The van der Waals surface area contributed by atoms with Gasteiger partial charge >= 0.3 is 0 Å². The molecular weight excluding hydrogens is 201 g/mol. The Labute approximate surface area is 77.7 Å². The van der Waals surface area contributed by atoms with E-state index < -0.39 is 5.12 Å². The molecule has 0 amide bonds. The van der Waals surface area contributed by atoms with E-state index in [1.165, 1.54) is 6.34 Å². The molecule has 2 aliphatic heterocycles. The lowest BCUT2D eigenvalue weighted by molar-refractivity contribution is 0.839. The van der Waals surface area contributed by atoms with E-state index in [-0.39, 0.29) is 5.29 Å². The molecule has 0 radical (unpaired) electrons. The van der Waals surface area contributed by atoms with Crippen LogP contribution in [0.15, 0.2) is 20.0 Å². The summed E-state index contributed by atoms with van der Waals surface area (Å²) in [6.45, 7) is 0. The molecule has 62 valence electrons. The first kappa shape index (κ1) is 7.85. The van der Waals surface area contributed by atoms with Gasteiger partial charge in [0.05, 0.1) is 0 Å². The van der Waals surface area contributed by atoms with Gasteiger partial charge in [-0.3, -0.25) is 5.73 Å². The van der Waals surface area contributed by atoms with Crippen molar-refractivity contribution in [2.24, 2.45) is 25.7 Å². The van der Waals surface area contributed by atoms with Crippen molar-refractivity contribution in [3.05, 3.63) is 0 Å². The van der Waals surface area contributed by atoms with E-state index in [0.29, 0.717) is 11.5 Å². The Balaban J connectivity index is 2.54. The molecule has 0 aromatic carbocycles. The molecule has 2 rings (SSSR count). The van der Waals surface area contributed by atoms with E-state index in [9.17, 15) is 0 Å². The summed E-state index contributed by atoms with van der Waals surface area (Å²) in [5.41, 5.74) is 5.88. The fourth-order valence-electron chi connectivity index (χ4n) is 0.889. The summed E-state index contributed by atoms with van der Waals surface area (Å²) in [7, 11) is 0. The van der Waals surface area contributed by atoms with E-state index >= 15 is 0 Å². The molecule has 0 fully saturated rings. The molecule has 0 saturated carbocycles. The molecule has 2 aliphatic rings. The van der Waals surface area contributed by atoms with Crippen LogP contribution in [0.25, 0.3) is 0 Å². The first-order chi connectivity index (χ1) is 5.59. The average molecular weight is 204 g/mol. The zero-order valence-electron chi connectivity index (χ0n) is 5.70. The van der Waals surface area contributed by atoms with Gasteiger partial charge in [-0.15, -0.1) is 0 Å². The number of hydrogen-bond donors (Lipinski definition) is 1. The number of nitrogens with two attached hydrogens (primary N) is 1. The Hall–Kier alpha value is -0.780. The van der Waals surface area contributed by atoms with Crippen molar-refractivity contribution in [1.82, 2.24) is 0 Å². The lowest BCUT2D eigenvalue weighted by atomic mass is 10.2. The third kappa shape index (κ3) is 1.06. The predicted molar refractivity (Wildman–Crippen MR) is 49.4 cm³/mol. The van der Waals surface area contributed by atoms with E-state index in [1.54, 1.807) is 0 Å². The van der Waals surface area contributed by atoms with Crippen molar-refractivity contribution >= 4 is 46.4 Å². The standard InChI is InChI=1S/C5H3Cl2N5/c6-4-11-3-2(9-1-10-3)5(7,8)12-4/h1H,8H2. The molecule has 0 bridgehead atoms. The van der Waals surface area contributed by atoms with Crippen LogP contribution in [0, 0.1) is 0 Å². The molecule has 0 aromatic heterocycles. The van der Waals surface area contributed by atoms with Crippen molar-refractivity contribution in [1.29, 1.82) is 0 Å². The molecule has 0 spiro atoms. The van der Waals surface area contributed by atoms with Gasteiger partial charge < -0.3 is 0 Å². The van der Waals surface area contributed by atoms with Crippen LogP contribution >= 0.6 is 23.2 Å². The SMILES string of the molecule is NC1(Cl)N=C(Cl)N=C2N=CN=C21. The summed E-state index contributed by atoms with van der Waals surface area (Å²) in [5, 5.41) is -1.44. The largest absolute Gasteiger partial charge is 0.289 e. The highest BCUT2D eigenvalue weighted by molar-refractivity contribution is 6.70. The molecule has 7 heteroatoms. The predicted octanol–water partition coefficient (Wildman–Crippen LogP) is 0.328. The molecule has 0 saturated heterocycles. The van der Waals surface area contributed by atoms with E-state index in [4.69, 9.17) is 28.9 Å². The molecular formula is C5H3Cl2N5. The topological polar surface area (TPSA) is 75.5 Å². The third-order valence-electron chi connectivity index (χ3n) is 1.36. The lowest BCUT2D eigenvalue weighted by Crippen LogP contribution is -2.45. The number of nitrogens with zero attached hydrogens (tertiary/aromatic N) is 4. The summed E-state index contributed by atoms with van der Waals surface area (Å²) < 4.78 is 0. The van der Waals surface area contributed by atoms with Gasteiger partial charge in [0.25, 0.3) is 0 Å². The van der Waals surface area contributed by atoms with Crippen LogP contribution in [0.3, 0.4) is 0 Å². The Morgan fingerprint density at radius 1 is 1.50 bits per heavy atom. The molecule has 1 atom stereocenters. The van der Waals surface area contributed by atoms with Gasteiger partial charge in [0.2, 0.25) is 10.4 Å². The van der Waals surface area contributed by atoms with Gasteiger partial charge in [-0.2, -0.15) is 4.99 Å². The quantitative estimate of drug-likeness (QED) is 0.447. The Kier molecular flexibility index (Phi) is 1.54. The van der Waals surface area contributed by atoms with Crippen LogP contribution in [0.4, 0.5) is 0 Å². The lowest BCUT2D eigenvalue weighted by Gasteiger charge is -2.19. The first-order valence-corrected chi connectivity index (χ1v) is 3.78. The maximum absolute atomic E-state index is 5.78. The minimum Gasteiger partial charge on any atom is -0.289 e. The van der Waals surface area contributed by atoms with Crippen LogP contribution in [0.2, 0.25) is 0 Å². The molecule has 12 heavy (non-hydrogen) atoms. The van der Waals surface area contributed by atoms with Gasteiger partial charge in [0.1, 0.15) is 12.1 Å². The van der Waals surface area contributed by atoms with Crippen molar-refractivity contribution in [2.75, 3.05) is 0 Å². The maximum Gasteiger partial charge on any atom is 0.234 e. The summed E-state index contributed by atoms with van der Waals surface area (Å²) in [4.78, 5) is 15.1. The van der Waals surface area contributed by atoms with Gasteiger partial charge in [-0.05, 0) is 11.6 Å². The van der Waals surface area contributed by atoms with Gasteiger partial charge in [0, 0.05) is 0 Å². The van der Waals surface area contributed by atoms with Crippen LogP contribution in [-0.4, -0.2) is 28.3 Å². The highest BCUT2D eigenvalue weighted by Gasteiger charge is 2.37.